The summed E-state index contributed by atoms with van der Waals surface area (Å²) in [6.45, 7) is 1.93. The fraction of sp³-hybridized carbons (Fsp3) is 0.133. The highest BCUT2D eigenvalue weighted by Gasteiger charge is 2.15. The normalized spacial score (nSPS) is 10.3. The summed E-state index contributed by atoms with van der Waals surface area (Å²) in [6, 6.07) is 10.7. The molecule has 2 N–H and O–H groups in total. The van der Waals surface area contributed by atoms with Crippen molar-refractivity contribution >= 4 is 27.4 Å². The lowest BCUT2D eigenvalue weighted by molar-refractivity contribution is 0.103. The molecule has 0 amide bonds. The first-order chi connectivity index (χ1) is 9.02. The molecule has 0 aliphatic heterocycles. The van der Waals surface area contributed by atoms with E-state index in [1.807, 2.05) is 13.0 Å². The van der Waals surface area contributed by atoms with E-state index in [0.29, 0.717) is 27.0 Å². The first kappa shape index (κ1) is 13.6. The minimum atomic E-state index is -0.101. The van der Waals surface area contributed by atoms with Crippen LogP contribution in [0, 0.1) is 6.92 Å². The summed E-state index contributed by atoms with van der Waals surface area (Å²) in [5, 5.41) is 0. The quantitative estimate of drug-likeness (QED) is 0.695. The van der Waals surface area contributed by atoms with Crippen molar-refractivity contribution in [1.29, 1.82) is 0 Å². The molecule has 0 atom stereocenters. The Morgan fingerprint density at radius 2 is 1.89 bits per heavy atom. The van der Waals surface area contributed by atoms with Gasteiger partial charge in [0.2, 0.25) is 0 Å². The van der Waals surface area contributed by atoms with Crippen molar-refractivity contribution in [3.63, 3.8) is 0 Å². The molecular formula is C15H14BrNO2. The molecule has 0 saturated carbocycles. The van der Waals surface area contributed by atoms with Gasteiger partial charge >= 0.3 is 0 Å². The predicted octanol–water partition coefficient (Wildman–Crippen LogP) is 3.58. The van der Waals surface area contributed by atoms with Crippen molar-refractivity contribution in [2.75, 3.05) is 12.8 Å². The van der Waals surface area contributed by atoms with Crippen LogP contribution >= 0.6 is 15.9 Å². The molecule has 2 rings (SSSR count). The predicted molar refractivity (Wildman–Crippen MR) is 79.7 cm³/mol. The Kier molecular flexibility index (Phi) is 3.90. The largest absolute Gasteiger partial charge is 0.497 e. The van der Waals surface area contributed by atoms with Crippen LogP contribution in [0.5, 0.6) is 5.75 Å². The van der Waals surface area contributed by atoms with Crippen LogP contribution in [0.15, 0.2) is 40.9 Å². The van der Waals surface area contributed by atoms with Crippen LogP contribution in [0.4, 0.5) is 5.69 Å². The van der Waals surface area contributed by atoms with Crippen LogP contribution < -0.4 is 10.5 Å². The molecule has 0 spiro atoms. The van der Waals surface area contributed by atoms with E-state index in [1.165, 1.54) is 0 Å². The number of ketones is 1. The smallest absolute Gasteiger partial charge is 0.196 e. The summed E-state index contributed by atoms with van der Waals surface area (Å²) in [7, 11) is 1.59. The molecule has 0 radical (unpaired) electrons. The molecule has 2 aromatic rings. The Morgan fingerprint density at radius 3 is 2.53 bits per heavy atom. The number of carbonyl (C=O) groups is 1. The van der Waals surface area contributed by atoms with Gasteiger partial charge in [0.1, 0.15) is 5.75 Å². The van der Waals surface area contributed by atoms with E-state index in [1.54, 1.807) is 37.4 Å². The summed E-state index contributed by atoms with van der Waals surface area (Å²) >= 11 is 3.39. The maximum absolute atomic E-state index is 12.5. The van der Waals surface area contributed by atoms with Gasteiger partial charge in [-0.25, -0.2) is 0 Å². The van der Waals surface area contributed by atoms with Gasteiger partial charge in [-0.1, -0.05) is 11.6 Å². The van der Waals surface area contributed by atoms with E-state index in [-0.39, 0.29) is 5.78 Å². The fourth-order valence-electron chi connectivity index (χ4n) is 1.82. The second kappa shape index (κ2) is 5.45. The number of carbonyl (C=O) groups excluding carboxylic acids is 1. The number of benzene rings is 2. The van der Waals surface area contributed by atoms with E-state index in [4.69, 9.17) is 10.5 Å². The summed E-state index contributed by atoms with van der Waals surface area (Å²) in [6.07, 6.45) is 0. The highest BCUT2D eigenvalue weighted by Crippen LogP contribution is 2.27. The van der Waals surface area contributed by atoms with E-state index < -0.39 is 0 Å². The minimum Gasteiger partial charge on any atom is -0.497 e. The Bertz CT molecular complexity index is 638. The number of rotatable bonds is 3. The third-order valence-electron chi connectivity index (χ3n) is 2.87. The van der Waals surface area contributed by atoms with Crippen molar-refractivity contribution in [3.8, 4) is 5.75 Å². The summed E-state index contributed by atoms with van der Waals surface area (Å²) in [4.78, 5) is 12.5. The molecule has 0 saturated heterocycles. The van der Waals surface area contributed by atoms with Crippen molar-refractivity contribution in [1.82, 2.24) is 0 Å². The lowest BCUT2D eigenvalue weighted by Crippen LogP contribution is -2.06. The van der Waals surface area contributed by atoms with Gasteiger partial charge in [0.25, 0.3) is 0 Å². The molecular weight excluding hydrogens is 306 g/mol. The SMILES string of the molecule is COc1ccc(C(=O)c2cc(C)ccc2N)c(Br)c1. The summed E-state index contributed by atoms with van der Waals surface area (Å²) in [5.41, 5.74) is 8.45. The summed E-state index contributed by atoms with van der Waals surface area (Å²) < 4.78 is 5.80. The number of anilines is 1. The molecule has 98 valence electrons. The third-order valence-corrected chi connectivity index (χ3v) is 3.53. The molecule has 19 heavy (non-hydrogen) atoms. The zero-order valence-corrected chi connectivity index (χ0v) is 12.3. The Balaban J connectivity index is 2.47. The molecule has 0 aliphatic carbocycles. The number of nitrogen functional groups attached to an aromatic ring is 1. The van der Waals surface area contributed by atoms with Gasteiger partial charge in [0.05, 0.1) is 7.11 Å². The van der Waals surface area contributed by atoms with Gasteiger partial charge in [0.15, 0.2) is 5.78 Å². The Morgan fingerprint density at radius 1 is 1.16 bits per heavy atom. The lowest BCUT2D eigenvalue weighted by atomic mass is 10.00. The molecule has 0 fully saturated rings. The van der Waals surface area contributed by atoms with Crippen LogP contribution in [-0.2, 0) is 0 Å². The molecule has 4 heteroatoms. The zero-order valence-electron chi connectivity index (χ0n) is 10.7. The molecule has 2 aromatic carbocycles. The van der Waals surface area contributed by atoms with Gasteiger partial charge < -0.3 is 10.5 Å². The van der Waals surface area contributed by atoms with E-state index >= 15 is 0 Å². The minimum absolute atomic E-state index is 0.101. The second-order valence-corrected chi connectivity index (χ2v) is 5.12. The average molecular weight is 320 g/mol. The molecule has 0 heterocycles. The highest BCUT2D eigenvalue weighted by molar-refractivity contribution is 9.10. The Hall–Kier alpha value is -1.81. The van der Waals surface area contributed by atoms with Crippen molar-refractivity contribution < 1.29 is 9.53 Å². The number of ether oxygens (including phenoxy) is 1. The van der Waals surface area contributed by atoms with E-state index in [0.717, 1.165) is 5.56 Å². The van der Waals surface area contributed by atoms with Crippen LogP contribution in [-0.4, -0.2) is 12.9 Å². The maximum atomic E-state index is 12.5. The van der Waals surface area contributed by atoms with E-state index in [9.17, 15) is 4.79 Å². The van der Waals surface area contributed by atoms with Crippen molar-refractivity contribution in [2.45, 2.75) is 6.92 Å². The zero-order chi connectivity index (χ0) is 14.0. The molecule has 3 nitrogen and oxygen atoms in total. The maximum Gasteiger partial charge on any atom is 0.196 e. The molecule has 0 bridgehead atoms. The fourth-order valence-corrected chi connectivity index (χ4v) is 2.36. The first-order valence-electron chi connectivity index (χ1n) is 5.77. The van der Waals surface area contributed by atoms with Crippen LogP contribution in [0.1, 0.15) is 21.5 Å². The van der Waals surface area contributed by atoms with Gasteiger partial charge in [-0.2, -0.15) is 0 Å². The van der Waals surface area contributed by atoms with E-state index in [2.05, 4.69) is 15.9 Å². The second-order valence-electron chi connectivity index (χ2n) is 4.27. The van der Waals surface area contributed by atoms with Gasteiger partial charge in [-0.3, -0.25) is 4.79 Å². The molecule has 0 aliphatic rings. The summed E-state index contributed by atoms with van der Waals surface area (Å²) in [5.74, 6) is 0.594. The van der Waals surface area contributed by atoms with Gasteiger partial charge in [0, 0.05) is 21.3 Å². The van der Waals surface area contributed by atoms with Gasteiger partial charge in [-0.05, 0) is 53.2 Å². The van der Waals surface area contributed by atoms with Crippen LogP contribution in [0.2, 0.25) is 0 Å². The number of hydrogen-bond donors (Lipinski definition) is 1. The average Bonchev–Trinajstić information content (AvgIpc) is 2.40. The molecule has 0 unspecified atom stereocenters. The van der Waals surface area contributed by atoms with Crippen LogP contribution in [0.3, 0.4) is 0 Å². The molecule has 0 aromatic heterocycles. The van der Waals surface area contributed by atoms with Crippen molar-refractivity contribution in [2.24, 2.45) is 0 Å². The Labute approximate surface area is 120 Å². The third kappa shape index (κ3) is 2.79. The lowest BCUT2D eigenvalue weighted by Gasteiger charge is -2.09. The topological polar surface area (TPSA) is 52.3 Å². The number of methoxy groups -OCH3 is 1. The standard InChI is InChI=1S/C15H14BrNO2/c1-9-3-6-14(17)12(7-9)15(18)11-5-4-10(19-2)8-13(11)16/h3-8H,17H2,1-2H3. The number of nitrogens with two attached hydrogens (primary N) is 1. The monoisotopic (exact) mass is 319 g/mol. The van der Waals surface area contributed by atoms with Crippen molar-refractivity contribution in [3.05, 3.63) is 57.6 Å². The highest BCUT2D eigenvalue weighted by atomic mass is 79.9. The van der Waals surface area contributed by atoms with Crippen LogP contribution in [0.25, 0.3) is 0 Å². The number of aryl methyl sites for hydroxylation is 1. The van der Waals surface area contributed by atoms with Gasteiger partial charge in [-0.15, -0.1) is 0 Å². The first-order valence-corrected chi connectivity index (χ1v) is 6.56. The number of hydrogen-bond acceptors (Lipinski definition) is 3. The number of halogens is 1.